The van der Waals surface area contributed by atoms with Gasteiger partial charge >= 0.3 is 0 Å². The van der Waals surface area contributed by atoms with Crippen molar-refractivity contribution in [1.29, 1.82) is 0 Å². The Kier molecular flexibility index (Phi) is 53.0. The zero-order valence-electron chi connectivity index (χ0n) is 48.2. The molecule has 71 heavy (non-hydrogen) atoms. The van der Waals surface area contributed by atoms with E-state index in [-0.39, 0.29) is 19.1 Å². The van der Waals surface area contributed by atoms with Gasteiger partial charge in [0, 0.05) is 6.42 Å². The van der Waals surface area contributed by atoms with E-state index in [4.69, 9.17) is 9.05 Å². The van der Waals surface area contributed by atoms with Crippen molar-refractivity contribution in [1.82, 2.24) is 5.32 Å². The quantitative estimate of drug-likeness (QED) is 0.0272. The summed E-state index contributed by atoms with van der Waals surface area (Å²) in [6.07, 6.45) is 68.7. The van der Waals surface area contributed by atoms with E-state index in [0.29, 0.717) is 17.4 Å². The predicted molar refractivity (Wildman–Crippen MR) is 307 cm³/mol. The van der Waals surface area contributed by atoms with Gasteiger partial charge in [-0.05, 0) is 32.1 Å². The molecule has 0 aliphatic carbocycles. The van der Waals surface area contributed by atoms with Crippen LogP contribution in [0.1, 0.15) is 316 Å². The average Bonchev–Trinajstić information content (AvgIpc) is 3.33. The van der Waals surface area contributed by atoms with Gasteiger partial charge in [0.15, 0.2) is 0 Å². The first-order valence-electron chi connectivity index (χ1n) is 31.2. The first-order chi connectivity index (χ1) is 34.5. The van der Waals surface area contributed by atoms with E-state index >= 15 is 0 Å². The van der Waals surface area contributed by atoms with Crippen LogP contribution in [0.3, 0.4) is 0 Å². The molecule has 0 spiro atoms. The van der Waals surface area contributed by atoms with E-state index in [9.17, 15) is 19.4 Å². The van der Waals surface area contributed by atoms with Gasteiger partial charge in [-0.3, -0.25) is 9.36 Å². The summed E-state index contributed by atoms with van der Waals surface area (Å²) in [5, 5.41) is 13.9. The van der Waals surface area contributed by atoms with E-state index in [1.165, 1.54) is 257 Å². The average molecular weight is 1020 g/mol. The maximum atomic E-state index is 13.0. The smallest absolute Gasteiger partial charge is 0.268 e. The molecule has 1 amide bonds. The number of phosphoric acid groups is 1. The number of carbonyl (C=O) groups is 1. The molecule has 2 N–H and O–H groups in total. The standard InChI is InChI=1S/C62H123N2O6P/c1-6-8-10-12-14-16-18-20-22-23-24-25-26-27-28-29-30-31-32-33-34-35-36-37-38-39-40-42-44-46-48-50-52-54-56-62(66)63-60(59-70-71(67,68)69-58-57-64(3,4)5)61(65)55-53-51-49-47-45-43-41-21-19-17-15-13-11-9-7-2/h45,47,53,55,60-61,65H,6-44,46,48-52,54,56-59H2,1-5H3,(H-,63,66,67,68)/b47-45+,55-53+. The third-order valence-corrected chi connectivity index (χ3v) is 15.4. The fourth-order valence-electron chi connectivity index (χ4n) is 9.53. The van der Waals surface area contributed by atoms with Crippen molar-refractivity contribution < 1.29 is 32.9 Å². The van der Waals surface area contributed by atoms with Crippen molar-refractivity contribution in [2.24, 2.45) is 0 Å². The summed E-state index contributed by atoms with van der Waals surface area (Å²) in [7, 11) is 1.26. The summed E-state index contributed by atoms with van der Waals surface area (Å²) in [5.41, 5.74) is 0. The highest BCUT2D eigenvalue weighted by molar-refractivity contribution is 7.45. The Bertz CT molecular complexity index is 1210. The lowest BCUT2D eigenvalue weighted by atomic mass is 10.0. The van der Waals surface area contributed by atoms with E-state index in [0.717, 1.165) is 38.5 Å². The van der Waals surface area contributed by atoms with Crippen LogP contribution < -0.4 is 10.2 Å². The lowest BCUT2D eigenvalue weighted by Gasteiger charge is -2.29. The fraction of sp³-hybridized carbons (Fsp3) is 0.919. The molecule has 3 unspecified atom stereocenters. The highest BCUT2D eigenvalue weighted by Gasteiger charge is 2.23. The molecule has 0 saturated carbocycles. The molecule has 0 fully saturated rings. The monoisotopic (exact) mass is 1020 g/mol. The second-order valence-electron chi connectivity index (χ2n) is 22.8. The Labute approximate surface area is 443 Å². The number of carbonyl (C=O) groups excluding carboxylic acids is 1. The topological polar surface area (TPSA) is 108 Å². The van der Waals surface area contributed by atoms with E-state index < -0.39 is 20.0 Å². The summed E-state index contributed by atoms with van der Waals surface area (Å²) in [6, 6.07) is -0.900. The van der Waals surface area contributed by atoms with Crippen LogP contribution in [0.25, 0.3) is 0 Å². The molecule has 0 aliphatic heterocycles. The Balaban J connectivity index is 3.97. The van der Waals surface area contributed by atoms with Crippen LogP contribution in [-0.2, 0) is 18.4 Å². The number of quaternary nitrogens is 1. The van der Waals surface area contributed by atoms with Crippen LogP contribution in [0, 0.1) is 0 Å². The number of rotatable bonds is 58. The molecule has 8 nitrogen and oxygen atoms in total. The summed E-state index contributed by atoms with van der Waals surface area (Å²) >= 11 is 0. The number of aliphatic hydroxyl groups excluding tert-OH is 1. The van der Waals surface area contributed by atoms with Crippen LogP contribution in [-0.4, -0.2) is 68.5 Å². The van der Waals surface area contributed by atoms with Crippen LogP contribution in [0.15, 0.2) is 24.3 Å². The van der Waals surface area contributed by atoms with Crippen molar-refractivity contribution in [2.75, 3.05) is 40.9 Å². The van der Waals surface area contributed by atoms with Gasteiger partial charge < -0.3 is 28.8 Å². The molecular weight excluding hydrogens is 900 g/mol. The number of hydrogen-bond donors (Lipinski definition) is 2. The minimum absolute atomic E-state index is 0.00383. The normalized spacial score (nSPS) is 14.0. The zero-order valence-corrected chi connectivity index (χ0v) is 49.1. The molecule has 0 saturated heterocycles. The van der Waals surface area contributed by atoms with Gasteiger partial charge in [-0.15, -0.1) is 0 Å². The fourth-order valence-corrected chi connectivity index (χ4v) is 10.2. The van der Waals surface area contributed by atoms with Crippen LogP contribution in [0.2, 0.25) is 0 Å². The first kappa shape index (κ1) is 70.0. The van der Waals surface area contributed by atoms with Gasteiger partial charge in [0.1, 0.15) is 13.2 Å². The van der Waals surface area contributed by atoms with Crippen molar-refractivity contribution >= 4 is 13.7 Å². The summed E-state index contributed by atoms with van der Waals surface area (Å²) < 4.78 is 23.3. The molecule has 422 valence electrons. The first-order valence-corrected chi connectivity index (χ1v) is 32.7. The van der Waals surface area contributed by atoms with Gasteiger partial charge in [0.05, 0.1) is 39.9 Å². The van der Waals surface area contributed by atoms with Gasteiger partial charge in [0.25, 0.3) is 7.82 Å². The zero-order chi connectivity index (χ0) is 52.0. The molecule has 0 aromatic carbocycles. The van der Waals surface area contributed by atoms with Crippen molar-refractivity contribution in [3.63, 3.8) is 0 Å². The molecule has 0 bridgehead atoms. The van der Waals surface area contributed by atoms with Crippen LogP contribution in [0.5, 0.6) is 0 Å². The third kappa shape index (κ3) is 56.5. The van der Waals surface area contributed by atoms with Crippen LogP contribution in [0.4, 0.5) is 0 Å². The third-order valence-electron chi connectivity index (χ3n) is 14.4. The summed E-state index contributed by atoms with van der Waals surface area (Å²) in [6.45, 7) is 4.66. The molecule has 0 aromatic heterocycles. The number of aliphatic hydroxyl groups is 1. The molecule has 9 heteroatoms. The summed E-state index contributed by atoms with van der Waals surface area (Å²) in [4.78, 5) is 25.5. The van der Waals surface area contributed by atoms with Crippen molar-refractivity contribution in [2.45, 2.75) is 328 Å². The number of phosphoric ester groups is 1. The van der Waals surface area contributed by atoms with Gasteiger partial charge in [-0.2, -0.15) is 0 Å². The van der Waals surface area contributed by atoms with Crippen LogP contribution >= 0.6 is 7.82 Å². The molecule has 0 heterocycles. The second-order valence-corrected chi connectivity index (χ2v) is 24.2. The van der Waals surface area contributed by atoms with E-state index in [2.05, 4.69) is 31.3 Å². The van der Waals surface area contributed by atoms with E-state index in [1.807, 2.05) is 27.2 Å². The number of likely N-dealkylation sites (N-methyl/N-ethyl adjacent to an activating group) is 1. The van der Waals surface area contributed by atoms with E-state index in [1.54, 1.807) is 6.08 Å². The molecule has 3 atom stereocenters. The van der Waals surface area contributed by atoms with Crippen molar-refractivity contribution in [3.8, 4) is 0 Å². The lowest BCUT2D eigenvalue weighted by molar-refractivity contribution is -0.870. The highest BCUT2D eigenvalue weighted by Crippen LogP contribution is 2.38. The van der Waals surface area contributed by atoms with Gasteiger partial charge in [-0.25, -0.2) is 0 Å². The minimum atomic E-state index is -4.60. The van der Waals surface area contributed by atoms with Gasteiger partial charge in [-0.1, -0.05) is 301 Å². The summed E-state index contributed by atoms with van der Waals surface area (Å²) in [5.74, 6) is -0.201. The Hall–Kier alpha value is -1.02. The molecule has 0 rings (SSSR count). The molecule has 0 radical (unpaired) electrons. The Morgan fingerprint density at radius 3 is 1.14 bits per heavy atom. The SMILES string of the molecule is CCCCCCCCCCC/C=C/CC/C=C/C(O)C(COP(=O)([O-])OCC[N+](C)(C)C)NC(=O)CCCCCCCCCCCCCCCCCCCCCCCCCCCCCCCCCCCC. The number of allylic oxidation sites excluding steroid dienone is 3. The number of amides is 1. The van der Waals surface area contributed by atoms with Gasteiger partial charge in [0.2, 0.25) is 5.91 Å². The largest absolute Gasteiger partial charge is 0.756 e. The molecular formula is C62H123N2O6P. The predicted octanol–water partition coefficient (Wildman–Crippen LogP) is 18.5. The number of unbranched alkanes of at least 4 members (excludes halogenated alkanes) is 43. The Morgan fingerprint density at radius 2 is 0.789 bits per heavy atom. The molecule has 0 aliphatic rings. The second kappa shape index (κ2) is 53.8. The number of hydrogen-bond acceptors (Lipinski definition) is 6. The maximum Gasteiger partial charge on any atom is 0.268 e. The number of nitrogens with zero attached hydrogens (tertiary/aromatic N) is 1. The Morgan fingerprint density at radius 1 is 0.479 bits per heavy atom. The maximum absolute atomic E-state index is 13.0. The minimum Gasteiger partial charge on any atom is -0.756 e. The number of nitrogens with one attached hydrogen (secondary N) is 1. The van der Waals surface area contributed by atoms with Crippen molar-refractivity contribution in [3.05, 3.63) is 24.3 Å². The highest BCUT2D eigenvalue weighted by atomic mass is 31.2. The lowest BCUT2D eigenvalue weighted by Crippen LogP contribution is -2.45. The molecule has 0 aromatic rings.